The van der Waals surface area contributed by atoms with E-state index >= 15 is 0 Å². The van der Waals surface area contributed by atoms with Crippen molar-refractivity contribution >= 4 is 11.6 Å². The second-order valence-corrected chi connectivity index (χ2v) is 5.93. The van der Waals surface area contributed by atoms with Gasteiger partial charge >= 0.3 is 0 Å². The summed E-state index contributed by atoms with van der Waals surface area (Å²) in [6, 6.07) is 11.3. The van der Waals surface area contributed by atoms with Gasteiger partial charge in [0.2, 0.25) is 0 Å². The first-order valence-electron chi connectivity index (χ1n) is 8.18. The predicted molar refractivity (Wildman–Crippen MR) is 92.8 cm³/mol. The molecule has 0 fully saturated rings. The Hall–Kier alpha value is -2.95. The summed E-state index contributed by atoms with van der Waals surface area (Å²) in [5.74, 6) is 0.962. The Morgan fingerprint density at radius 1 is 1.12 bits per heavy atom. The molecule has 5 nitrogen and oxygen atoms in total. The number of carbonyl (C=O) groups excluding carboxylic acids is 1. The molecule has 0 aliphatic carbocycles. The first-order valence-corrected chi connectivity index (χ1v) is 8.18. The van der Waals surface area contributed by atoms with E-state index in [2.05, 4.69) is 21.1 Å². The molecule has 3 aromatic rings. The third-order valence-electron chi connectivity index (χ3n) is 4.28. The van der Waals surface area contributed by atoms with Crippen molar-refractivity contribution in [3.05, 3.63) is 66.4 Å². The summed E-state index contributed by atoms with van der Waals surface area (Å²) in [5.41, 5.74) is 3.16. The second kappa shape index (κ2) is 6.28. The van der Waals surface area contributed by atoms with Crippen LogP contribution in [0.1, 0.15) is 29.0 Å². The topological polar surface area (TPSA) is 59.8 Å². The number of hydrogen-bond donors (Lipinski definition) is 1. The molecule has 0 unspecified atom stereocenters. The number of nitrogens with one attached hydrogen (secondary N) is 1. The number of hydrogen-bond acceptors (Lipinski definition) is 3. The van der Waals surface area contributed by atoms with E-state index < -0.39 is 0 Å². The number of nitrogens with zero attached hydrogens (tertiary/aromatic N) is 3. The lowest BCUT2D eigenvalue weighted by molar-refractivity contribution is 0.102. The highest BCUT2D eigenvalue weighted by molar-refractivity contribution is 6.05. The average molecular weight is 318 g/mol. The lowest BCUT2D eigenvalue weighted by atomic mass is 10.1. The molecule has 0 radical (unpaired) electrons. The average Bonchev–Trinajstić information content (AvgIpc) is 3.07. The van der Waals surface area contributed by atoms with E-state index in [1.165, 1.54) is 12.8 Å². The number of para-hydroxylation sites is 1. The highest BCUT2D eigenvalue weighted by Crippen LogP contribution is 2.29. The smallest absolute Gasteiger partial charge is 0.257 e. The number of pyridine rings is 1. The molecule has 0 bridgehead atoms. The first-order chi connectivity index (χ1) is 11.8. The molecular formula is C19H18N4O. The molecule has 0 atom stereocenters. The van der Waals surface area contributed by atoms with Crippen molar-refractivity contribution in [1.29, 1.82) is 0 Å². The molecule has 3 heterocycles. The molecule has 1 aromatic carbocycles. The van der Waals surface area contributed by atoms with Crippen LogP contribution in [-0.2, 0) is 13.0 Å². The third-order valence-corrected chi connectivity index (χ3v) is 4.28. The van der Waals surface area contributed by atoms with E-state index in [1.807, 2.05) is 24.3 Å². The van der Waals surface area contributed by atoms with Crippen LogP contribution in [0, 0.1) is 0 Å². The predicted octanol–water partition coefficient (Wildman–Crippen LogP) is 3.53. The summed E-state index contributed by atoms with van der Waals surface area (Å²) >= 11 is 0. The Morgan fingerprint density at radius 3 is 2.88 bits per heavy atom. The number of imidazole rings is 1. The van der Waals surface area contributed by atoms with Gasteiger partial charge in [0.05, 0.1) is 16.9 Å². The van der Waals surface area contributed by atoms with Crippen LogP contribution in [0.3, 0.4) is 0 Å². The largest absolute Gasteiger partial charge is 0.334 e. The standard InChI is InChI=1S/C19H18N4O/c24-19(14-6-5-10-20-12-14)22-16-8-2-1-7-15(16)17-13-23-11-4-3-9-18(23)21-17/h1-2,5-8,10,12-13H,3-4,9,11H2,(H,22,24). The summed E-state index contributed by atoms with van der Waals surface area (Å²) in [7, 11) is 0. The van der Waals surface area contributed by atoms with Crippen LogP contribution >= 0.6 is 0 Å². The highest BCUT2D eigenvalue weighted by atomic mass is 16.1. The Kier molecular flexibility index (Phi) is 3.83. The van der Waals surface area contributed by atoms with Gasteiger partial charge in [0.15, 0.2) is 0 Å². The molecule has 0 saturated carbocycles. The minimum Gasteiger partial charge on any atom is -0.334 e. The van der Waals surface area contributed by atoms with Crippen molar-refractivity contribution in [3.8, 4) is 11.3 Å². The molecule has 1 N–H and O–H groups in total. The number of fused-ring (bicyclic) bond motifs is 1. The first kappa shape index (κ1) is 14.6. The molecule has 4 rings (SSSR count). The minimum absolute atomic E-state index is 0.167. The zero-order chi connectivity index (χ0) is 16.4. The molecule has 24 heavy (non-hydrogen) atoms. The molecule has 1 amide bonds. The fourth-order valence-electron chi connectivity index (χ4n) is 3.05. The quantitative estimate of drug-likeness (QED) is 0.803. The van der Waals surface area contributed by atoms with Gasteiger partial charge in [0, 0.05) is 37.1 Å². The van der Waals surface area contributed by atoms with Gasteiger partial charge in [-0.05, 0) is 31.0 Å². The van der Waals surface area contributed by atoms with Gasteiger partial charge in [-0.3, -0.25) is 9.78 Å². The van der Waals surface area contributed by atoms with Crippen LogP contribution in [0.4, 0.5) is 5.69 Å². The van der Waals surface area contributed by atoms with Crippen LogP contribution in [0.15, 0.2) is 55.0 Å². The Labute approximate surface area is 140 Å². The summed E-state index contributed by atoms with van der Waals surface area (Å²) < 4.78 is 2.22. The van der Waals surface area contributed by atoms with E-state index in [1.54, 1.807) is 24.5 Å². The monoisotopic (exact) mass is 318 g/mol. The molecular weight excluding hydrogens is 300 g/mol. The molecule has 1 aliphatic rings. The van der Waals surface area contributed by atoms with Crippen molar-refractivity contribution in [2.24, 2.45) is 0 Å². The summed E-state index contributed by atoms with van der Waals surface area (Å²) in [5, 5.41) is 2.98. The fraction of sp³-hybridized carbons (Fsp3) is 0.211. The zero-order valence-electron chi connectivity index (χ0n) is 13.3. The third kappa shape index (κ3) is 2.80. The van der Waals surface area contributed by atoms with Gasteiger partial charge in [0.1, 0.15) is 5.82 Å². The van der Waals surface area contributed by atoms with E-state index in [9.17, 15) is 4.79 Å². The van der Waals surface area contributed by atoms with Crippen molar-refractivity contribution in [2.45, 2.75) is 25.8 Å². The summed E-state index contributed by atoms with van der Waals surface area (Å²) in [6.45, 7) is 1.02. The number of anilines is 1. The van der Waals surface area contributed by atoms with Gasteiger partial charge in [0.25, 0.3) is 5.91 Å². The van der Waals surface area contributed by atoms with Crippen LogP contribution < -0.4 is 5.32 Å². The van der Waals surface area contributed by atoms with E-state index in [0.717, 1.165) is 35.7 Å². The number of amides is 1. The summed E-state index contributed by atoms with van der Waals surface area (Å²) in [4.78, 5) is 21.2. The minimum atomic E-state index is -0.167. The maximum Gasteiger partial charge on any atom is 0.257 e. The molecule has 5 heteroatoms. The number of aryl methyl sites for hydroxylation is 2. The number of carbonyl (C=O) groups is 1. The van der Waals surface area contributed by atoms with Crippen molar-refractivity contribution in [1.82, 2.24) is 14.5 Å². The normalized spacial score (nSPS) is 13.3. The molecule has 2 aromatic heterocycles. The summed E-state index contributed by atoms with van der Waals surface area (Å²) in [6.07, 6.45) is 8.71. The van der Waals surface area contributed by atoms with Crippen molar-refractivity contribution in [2.75, 3.05) is 5.32 Å². The Bertz CT molecular complexity index is 847. The number of benzene rings is 1. The van der Waals surface area contributed by atoms with Crippen LogP contribution in [-0.4, -0.2) is 20.4 Å². The van der Waals surface area contributed by atoms with Crippen LogP contribution in [0.2, 0.25) is 0 Å². The van der Waals surface area contributed by atoms with Crippen molar-refractivity contribution in [3.63, 3.8) is 0 Å². The zero-order valence-corrected chi connectivity index (χ0v) is 13.3. The van der Waals surface area contributed by atoms with Gasteiger partial charge < -0.3 is 9.88 Å². The second-order valence-electron chi connectivity index (χ2n) is 5.93. The van der Waals surface area contributed by atoms with Crippen LogP contribution in [0.25, 0.3) is 11.3 Å². The van der Waals surface area contributed by atoms with Crippen LogP contribution in [0.5, 0.6) is 0 Å². The number of aromatic nitrogens is 3. The van der Waals surface area contributed by atoms with E-state index in [-0.39, 0.29) is 5.91 Å². The van der Waals surface area contributed by atoms with Gasteiger partial charge in [-0.1, -0.05) is 18.2 Å². The fourth-order valence-corrected chi connectivity index (χ4v) is 3.05. The maximum absolute atomic E-state index is 12.4. The van der Waals surface area contributed by atoms with Gasteiger partial charge in [-0.2, -0.15) is 0 Å². The lowest BCUT2D eigenvalue weighted by Gasteiger charge is -2.11. The maximum atomic E-state index is 12.4. The molecule has 0 saturated heterocycles. The SMILES string of the molecule is O=C(Nc1ccccc1-c1cn2c(n1)CCCC2)c1cccnc1. The number of rotatable bonds is 3. The van der Waals surface area contributed by atoms with Crippen molar-refractivity contribution < 1.29 is 4.79 Å². The lowest BCUT2D eigenvalue weighted by Crippen LogP contribution is -2.12. The Morgan fingerprint density at radius 2 is 2.04 bits per heavy atom. The van der Waals surface area contributed by atoms with E-state index in [4.69, 9.17) is 4.98 Å². The Balaban J connectivity index is 1.66. The molecule has 0 spiro atoms. The highest BCUT2D eigenvalue weighted by Gasteiger charge is 2.16. The van der Waals surface area contributed by atoms with E-state index in [0.29, 0.717) is 5.56 Å². The van der Waals surface area contributed by atoms with Gasteiger partial charge in [-0.25, -0.2) is 4.98 Å². The molecule has 120 valence electrons. The van der Waals surface area contributed by atoms with Gasteiger partial charge in [-0.15, -0.1) is 0 Å². The molecule has 1 aliphatic heterocycles.